The van der Waals surface area contributed by atoms with Crippen LogP contribution in [0.25, 0.3) is 0 Å². The van der Waals surface area contributed by atoms with Gasteiger partial charge >= 0.3 is 0 Å². The van der Waals surface area contributed by atoms with Gasteiger partial charge in [0.15, 0.2) is 0 Å². The molecule has 0 atom stereocenters. The van der Waals surface area contributed by atoms with Crippen molar-refractivity contribution in [2.75, 3.05) is 44.6 Å². The van der Waals surface area contributed by atoms with Gasteiger partial charge in [-0.25, -0.2) is 10.5 Å². The number of rotatable bonds is 7. The highest BCUT2D eigenvalue weighted by atomic mass is 16.8. The summed E-state index contributed by atoms with van der Waals surface area (Å²) in [5, 5.41) is 4.58. The Kier molecular flexibility index (Phi) is 5.77. The smallest absolute Gasteiger partial charge is 0.225 e. The first kappa shape index (κ1) is 19.9. The van der Waals surface area contributed by atoms with Crippen molar-refractivity contribution in [3.05, 3.63) is 53.6 Å². The second-order valence-electron chi connectivity index (χ2n) is 8.05. The average molecular weight is 425 g/mol. The van der Waals surface area contributed by atoms with Crippen LogP contribution in [0.1, 0.15) is 24.8 Å². The minimum atomic E-state index is 0.0239. The molecule has 31 heavy (non-hydrogen) atoms. The number of carbonyl (C=O) groups excluding carboxylic acids is 1. The zero-order chi connectivity index (χ0) is 21.0. The van der Waals surface area contributed by atoms with Crippen molar-refractivity contribution >= 4 is 11.7 Å². The third kappa shape index (κ3) is 4.52. The number of aryl methyl sites for hydroxylation is 1. The van der Waals surface area contributed by atoms with E-state index in [0.29, 0.717) is 24.7 Å². The largest absolute Gasteiger partial charge is 0.478 e. The molecule has 1 amide bonds. The van der Waals surface area contributed by atoms with Crippen LogP contribution in [-0.2, 0) is 16.2 Å². The molecule has 1 aromatic heterocycles. The van der Waals surface area contributed by atoms with Crippen molar-refractivity contribution in [3.8, 4) is 5.88 Å². The van der Waals surface area contributed by atoms with E-state index in [1.165, 1.54) is 5.70 Å². The molecule has 4 aliphatic heterocycles. The fraction of sp³-hybridized carbons (Fsp3) is 0.455. The Hall–Kier alpha value is -3.04. The molecule has 164 valence electrons. The first-order chi connectivity index (χ1) is 15.3. The summed E-state index contributed by atoms with van der Waals surface area (Å²) in [6, 6.07) is 3.89. The molecule has 5 heterocycles. The number of hydrogen-bond donors (Lipinski definition) is 2. The SMILES string of the molecule is O=C1CCc2ccc(OCCCCN3CCN(C4=CC=CN5ONC=C45)CC3)nc2N1. The molecule has 1 fully saturated rings. The quantitative estimate of drug-likeness (QED) is 0.641. The van der Waals surface area contributed by atoms with Gasteiger partial charge in [-0.05, 0) is 49.6 Å². The first-order valence-electron chi connectivity index (χ1n) is 11.0. The number of unbranched alkanes of at least 4 members (excludes halogenated alkanes) is 1. The minimum absolute atomic E-state index is 0.0239. The van der Waals surface area contributed by atoms with Crippen molar-refractivity contribution in [3.63, 3.8) is 0 Å². The Morgan fingerprint density at radius 3 is 2.90 bits per heavy atom. The van der Waals surface area contributed by atoms with E-state index in [1.54, 1.807) is 5.06 Å². The third-order valence-electron chi connectivity index (χ3n) is 5.99. The number of nitrogens with zero attached hydrogens (tertiary/aromatic N) is 4. The van der Waals surface area contributed by atoms with Gasteiger partial charge in [-0.1, -0.05) is 0 Å². The van der Waals surface area contributed by atoms with E-state index in [0.717, 1.165) is 63.2 Å². The van der Waals surface area contributed by atoms with Crippen molar-refractivity contribution in [2.45, 2.75) is 25.7 Å². The predicted molar refractivity (Wildman–Crippen MR) is 115 cm³/mol. The van der Waals surface area contributed by atoms with Gasteiger partial charge in [0, 0.05) is 44.9 Å². The molecule has 9 nitrogen and oxygen atoms in total. The molecular formula is C22H28N6O3. The summed E-state index contributed by atoms with van der Waals surface area (Å²) in [5.74, 6) is 1.25. The number of piperazine rings is 1. The van der Waals surface area contributed by atoms with Gasteiger partial charge in [0.1, 0.15) is 11.5 Å². The zero-order valence-electron chi connectivity index (χ0n) is 17.5. The van der Waals surface area contributed by atoms with Crippen LogP contribution in [0.3, 0.4) is 0 Å². The molecule has 1 saturated heterocycles. The molecule has 2 N–H and O–H groups in total. The van der Waals surface area contributed by atoms with Crippen LogP contribution in [0.2, 0.25) is 0 Å². The van der Waals surface area contributed by atoms with E-state index in [-0.39, 0.29) is 5.91 Å². The first-order valence-corrected chi connectivity index (χ1v) is 11.0. The third-order valence-corrected chi connectivity index (χ3v) is 5.99. The number of fused-ring (bicyclic) bond motifs is 2. The Morgan fingerprint density at radius 2 is 2.00 bits per heavy atom. The summed E-state index contributed by atoms with van der Waals surface area (Å²) in [4.78, 5) is 26.2. The van der Waals surface area contributed by atoms with Crippen molar-refractivity contribution < 1.29 is 14.5 Å². The van der Waals surface area contributed by atoms with Crippen molar-refractivity contribution in [2.24, 2.45) is 0 Å². The molecule has 1 aromatic rings. The van der Waals surface area contributed by atoms with E-state index in [9.17, 15) is 4.79 Å². The summed E-state index contributed by atoms with van der Waals surface area (Å²) in [5.41, 5.74) is 6.15. The summed E-state index contributed by atoms with van der Waals surface area (Å²) in [6.45, 7) is 5.82. The average Bonchev–Trinajstić information content (AvgIpc) is 3.28. The molecule has 0 spiro atoms. The van der Waals surface area contributed by atoms with Crippen LogP contribution >= 0.6 is 0 Å². The maximum Gasteiger partial charge on any atom is 0.225 e. The number of hydrogen-bond acceptors (Lipinski definition) is 8. The van der Waals surface area contributed by atoms with Gasteiger partial charge in [-0.2, -0.15) is 9.92 Å². The van der Waals surface area contributed by atoms with Crippen LogP contribution in [0.15, 0.2) is 48.1 Å². The number of nitrogens with one attached hydrogen (secondary N) is 2. The highest BCUT2D eigenvalue weighted by Gasteiger charge is 2.27. The van der Waals surface area contributed by atoms with E-state index in [1.807, 2.05) is 30.6 Å². The number of aromatic nitrogens is 1. The lowest BCUT2D eigenvalue weighted by atomic mass is 10.1. The van der Waals surface area contributed by atoms with Crippen molar-refractivity contribution in [1.82, 2.24) is 25.3 Å². The van der Waals surface area contributed by atoms with Gasteiger partial charge in [-0.15, -0.1) is 0 Å². The maximum atomic E-state index is 11.5. The molecule has 5 rings (SSSR count). The predicted octanol–water partition coefficient (Wildman–Crippen LogP) is 1.75. The van der Waals surface area contributed by atoms with Crippen LogP contribution < -0.4 is 15.5 Å². The molecule has 0 aromatic carbocycles. The second kappa shape index (κ2) is 8.99. The van der Waals surface area contributed by atoms with Gasteiger partial charge in [0.05, 0.1) is 18.5 Å². The zero-order valence-corrected chi connectivity index (χ0v) is 17.5. The van der Waals surface area contributed by atoms with Gasteiger partial charge in [0.2, 0.25) is 11.8 Å². The Bertz CT molecular complexity index is 920. The van der Waals surface area contributed by atoms with Crippen LogP contribution in [0.5, 0.6) is 5.88 Å². The fourth-order valence-corrected chi connectivity index (χ4v) is 4.24. The van der Waals surface area contributed by atoms with E-state index >= 15 is 0 Å². The standard InChI is InChI=1S/C22H28N6O3/c29-20-7-5-17-6-8-21(25-22(17)24-20)30-15-2-1-9-26-11-13-27(14-12-26)18-4-3-10-28-19(18)16-23-31-28/h3-4,6,8,10,16,23H,1-2,5,7,9,11-15H2,(H,24,25,29). The second-order valence-corrected chi connectivity index (χ2v) is 8.05. The Labute approximate surface area is 181 Å². The Balaban J connectivity index is 1.01. The fourth-order valence-electron chi connectivity index (χ4n) is 4.24. The molecule has 4 aliphatic rings. The summed E-state index contributed by atoms with van der Waals surface area (Å²) in [7, 11) is 0. The summed E-state index contributed by atoms with van der Waals surface area (Å²) < 4.78 is 5.80. The topological polar surface area (TPSA) is 82.2 Å². The maximum absolute atomic E-state index is 11.5. The van der Waals surface area contributed by atoms with Crippen LogP contribution in [0, 0.1) is 0 Å². The lowest BCUT2D eigenvalue weighted by molar-refractivity contribution is -0.116. The van der Waals surface area contributed by atoms with Gasteiger partial charge < -0.3 is 15.0 Å². The number of anilines is 1. The lowest BCUT2D eigenvalue weighted by Crippen LogP contribution is -2.46. The van der Waals surface area contributed by atoms with Crippen LogP contribution in [0.4, 0.5) is 5.82 Å². The van der Waals surface area contributed by atoms with Crippen LogP contribution in [-0.4, -0.2) is 65.1 Å². The van der Waals surface area contributed by atoms with E-state index in [4.69, 9.17) is 9.68 Å². The summed E-state index contributed by atoms with van der Waals surface area (Å²) in [6.07, 6.45) is 11.3. The van der Waals surface area contributed by atoms with E-state index in [2.05, 4.69) is 31.7 Å². The molecular weight excluding hydrogens is 396 g/mol. The van der Waals surface area contributed by atoms with Gasteiger partial charge in [-0.3, -0.25) is 9.69 Å². The highest BCUT2D eigenvalue weighted by Crippen LogP contribution is 2.27. The number of amides is 1. The van der Waals surface area contributed by atoms with Gasteiger partial charge in [0.25, 0.3) is 0 Å². The molecule has 9 heteroatoms. The number of carbonyl (C=O) groups is 1. The normalized spacial score (nSPS) is 20.5. The minimum Gasteiger partial charge on any atom is -0.478 e. The summed E-state index contributed by atoms with van der Waals surface area (Å²) >= 11 is 0. The number of allylic oxidation sites excluding steroid dienone is 2. The Morgan fingerprint density at radius 1 is 1.10 bits per heavy atom. The van der Waals surface area contributed by atoms with E-state index < -0.39 is 0 Å². The van der Waals surface area contributed by atoms with Crippen molar-refractivity contribution in [1.29, 1.82) is 0 Å². The molecule has 0 unspecified atom stereocenters. The highest BCUT2D eigenvalue weighted by molar-refractivity contribution is 5.92. The number of ether oxygens (including phenoxy) is 1. The number of pyridine rings is 1. The molecule has 0 saturated carbocycles. The monoisotopic (exact) mass is 424 g/mol. The molecule has 0 aliphatic carbocycles. The molecule has 0 bridgehead atoms. The lowest BCUT2D eigenvalue weighted by Gasteiger charge is -2.38. The molecule has 0 radical (unpaired) electrons. The number of hydroxylamine groups is 3.